The number of H-pyrrole nitrogens is 1. The number of nitrogens with one attached hydrogen (secondary N) is 1. The zero-order chi connectivity index (χ0) is 16.2. The molecule has 3 aromatic rings. The number of ether oxygens (including phenoxy) is 2. The second-order valence-electron chi connectivity index (χ2n) is 5.41. The van der Waals surface area contributed by atoms with Crippen molar-refractivity contribution in [2.24, 2.45) is 0 Å². The summed E-state index contributed by atoms with van der Waals surface area (Å²) < 4.78 is 10.8. The van der Waals surface area contributed by atoms with Crippen LogP contribution in [-0.2, 0) is 9.53 Å². The molecule has 0 aliphatic carbocycles. The Morgan fingerprint density at radius 2 is 1.91 bits per heavy atom. The molecule has 0 atom stereocenters. The summed E-state index contributed by atoms with van der Waals surface area (Å²) >= 11 is 0. The van der Waals surface area contributed by atoms with E-state index in [1.165, 1.54) is 6.26 Å². The Kier molecular flexibility index (Phi) is 4.33. The van der Waals surface area contributed by atoms with E-state index in [-0.39, 0.29) is 0 Å². The molecule has 0 unspecified atom stereocenters. The van der Waals surface area contributed by atoms with Gasteiger partial charge in [0.15, 0.2) is 5.75 Å². The molecule has 0 aliphatic rings. The lowest BCUT2D eigenvalue weighted by atomic mass is 10.1. The lowest BCUT2D eigenvalue weighted by Crippen LogP contribution is -2.10. The highest BCUT2D eigenvalue weighted by atomic mass is 16.5. The molecule has 4 heteroatoms. The fraction of sp³-hybridized carbons (Fsp3) is 0.211. The molecule has 0 saturated heterocycles. The largest absolute Gasteiger partial charge is 0.501 e. The van der Waals surface area contributed by atoms with Crippen LogP contribution in [0, 0.1) is 0 Å². The van der Waals surface area contributed by atoms with Crippen molar-refractivity contribution in [1.82, 2.24) is 4.98 Å². The number of aromatic nitrogens is 1. The van der Waals surface area contributed by atoms with Crippen molar-refractivity contribution < 1.29 is 14.3 Å². The number of esters is 1. The normalized spacial score (nSPS) is 11.8. The third-order valence-corrected chi connectivity index (χ3v) is 3.61. The summed E-state index contributed by atoms with van der Waals surface area (Å²) in [5, 5.41) is 2.15. The van der Waals surface area contributed by atoms with Gasteiger partial charge in [-0.05, 0) is 25.5 Å². The number of hydrogen-bond acceptors (Lipinski definition) is 3. The van der Waals surface area contributed by atoms with Gasteiger partial charge in [0.2, 0.25) is 0 Å². The van der Waals surface area contributed by atoms with Crippen LogP contribution in [0.25, 0.3) is 21.8 Å². The molecule has 0 amide bonds. The molecule has 1 aromatic heterocycles. The van der Waals surface area contributed by atoms with Crippen LogP contribution < -0.4 is 4.74 Å². The van der Waals surface area contributed by atoms with E-state index in [0.717, 1.165) is 28.2 Å². The Bertz CT molecular complexity index is 877. The number of hydrogen-bond donors (Lipinski definition) is 1. The molecule has 23 heavy (non-hydrogen) atoms. The Morgan fingerprint density at radius 1 is 1.13 bits per heavy atom. The Morgan fingerprint density at radius 3 is 2.74 bits per heavy atom. The van der Waals surface area contributed by atoms with Crippen molar-refractivity contribution in [3.05, 3.63) is 54.3 Å². The predicted octanol–water partition coefficient (Wildman–Crippen LogP) is 4.56. The maximum atomic E-state index is 12.2. The molecule has 0 fully saturated rings. The maximum Gasteiger partial charge on any atom is 0.342 e. The monoisotopic (exact) mass is 309 g/mol. The summed E-state index contributed by atoms with van der Waals surface area (Å²) in [6.07, 6.45) is 2.35. The highest BCUT2D eigenvalue weighted by Crippen LogP contribution is 2.31. The van der Waals surface area contributed by atoms with Gasteiger partial charge >= 0.3 is 5.97 Å². The average Bonchev–Trinajstić information content (AvgIpc) is 2.95. The maximum absolute atomic E-state index is 12.2. The standard InChI is InChI=1S/C19H19NO3/c1-3-11-22-12-13(2)19(21)23-17-10-6-8-15-14-7-4-5-9-16(14)20-18(15)17/h4-10,12,20H,3,11H2,1-2H3. The number of benzene rings is 2. The van der Waals surface area contributed by atoms with Crippen LogP contribution in [-0.4, -0.2) is 17.6 Å². The number of para-hydroxylation sites is 2. The third-order valence-electron chi connectivity index (χ3n) is 3.61. The van der Waals surface area contributed by atoms with Crippen molar-refractivity contribution in [2.75, 3.05) is 6.61 Å². The zero-order valence-electron chi connectivity index (χ0n) is 13.3. The van der Waals surface area contributed by atoms with E-state index in [9.17, 15) is 4.79 Å². The minimum Gasteiger partial charge on any atom is -0.501 e. The number of carbonyl (C=O) groups excluding carboxylic acids is 1. The summed E-state index contributed by atoms with van der Waals surface area (Å²) in [6, 6.07) is 13.7. The number of aromatic amines is 1. The second kappa shape index (κ2) is 6.57. The van der Waals surface area contributed by atoms with E-state index in [1.54, 1.807) is 13.0 Å². The molecule has 1 heterocycles. The van der Waals surface area contributed by atoms with Gasteiger partial charge in [-0.2, -0.15) is 0 Å². The highest BCUT2D eigenvalue weighted by molar-refractivity contribution is 6.09. The van der Waals surface area contributed by atoms with Gasteiger partial charge in [0, 0.05) is 16.3 Å². The smallest absolute Gasteiger partial charge is 0.342 e. The Balaban J connectivity index is 1.91. The van der Waals surface area contributed by atoms with E-state index in [0.29, 0.717) is 17.9 Å². The molecular formula is C19H19NO3. The molecule has 0 aliphatic heterocycles. The van der Waals surface area contributed by atoms with Crippen molar-refractivity contribution in [3.63, 3.8) is 0 Å². The third kappa shape index (κ3) is 3.06. The van der Waals surface area contributed by atoms with Crippen molar-refractivity contribution in [1.29, 1.82) is 0 Å². The number of carbonyl (C=O) groups is 1. The van der Waals surface area contributed by atoms with E-state index < -0.39 is 5.97 Å². The number of fused-ring (bicyclic) bond motifs is 3. The second-order valence-corrected chi connectivity index (χ2v) is 5.41. The van der Waals surface area contributed by atoms with E-state index >= 15 is 0 Å². The summed E-state index contributed by atoms with van der Waals surface area (Å²) in [5.74, 6) is 0.110. The van der Waals surface area contributed by atoms with Gasteiger partial charge in [0.05, 0.1) is 24.0 Å². The molecular weight excluding hydrogens is 290 g/mol. The van der Waals surface area contributed by atoms with Crippen molar-refractivity contribution in [3.8, 4) is 5.75 Å². The van der Waals surface area contributed by atoms with Gasteiger partial charge in [-0.25, -0.2) is 4.79 Å². The summed E-state index contributed by atoms with van der Waals surface area (Å²) in [7, 11) is 0. The van der Waals surface area contributed by atoms with Crippen LogP contribution in [0.3, 0.4) is 0 Å². The van der Waals surface area contributed by atoms with Gasteiger partial charge in [0.1, 0.15) is 0 Å². The minimum atomic E-state index is -0.410. The SMILES string of the molecule is CCCOC=C(C)C(=O)Oc1cccc2c1[nH]c1ccccc12. The first-order chi connectivity index (χ1) is 11.2. The summed E-state index contributed by atoms with van der Waals surface area (Å²) in [6.45, 7) is 4.28. The first kappa shape index (κ1) is 15.2. The van der Waals surface area contributed by atoms with Gasteiger partial charge in [-0.15, -0.1) is 0 Å². The fourth-order valence-corrected chi connectivity index (χ4v) is 2.46. The molecule has 2 aromatic carbocycles. The van der Waals surface area contributed by atoms with E-state index in [1.807, 2.05) is 43.3 Å². The first-order valence-electron chi connectivity index (χ1n) is 7.70. The molecule has 3 rings (SSSR count). The van der Waals surface area contributed by atoms with Crippen molar-refractivity contribution >= 4 is 27.8 Å². The molecule has 1 N–H and O–H groups in total. The lowest BCUT2D eigenvalue weighted by molar-refractivity contribution is -0.130. The highest BCUT2D eigenvalue weighted by Gasteiger charge is 2.13. The zero-order valence-corrected chi connectivity index (χ0v) is 13.3. The topological polar surface area (TPSA) is 51.3 Å². The van der Waals surface area contributed by atoms with Crippen LogP contribution in [0.2, 0.25) is 0 Å². The van der Waals surface area contributed by atoms with E-state index in [2.05, 4.69) is 4.98 Å². The molecule has 0 saturated carbocycles. The molecule has 0 spiro atoms. The molecule has 4 nitrogen and oxygen atoms in total. The quantitative estimate of drug-likeness (QED) is 0.247. The van der Waals surface area contributed by atoms with Crippen LogP contribution in [0.5, 0.6) is 5.75 Å². The van der Waals surface area contributed by atoms with Crippen LogP contribution in [0.15, 0.2) is 54.3 Å². The summed E-state index contributed by atoms with van der Waals surface area (Å²) in [4.78, 5) is 15.5. The average molecular weight is 309 g/mol. The van der Waals surface area contributed by atoms with Gasteiger partial charge in [0.25, 0.3) is 0 Å². The van der Waals surface area contributed by atoms with Gasteiger partial charge in [-0.1, -0.05) is 37.3 Å². The molecule has 0 radical (unpaired) electrons. The van der Waals surface area contributed by atoms with Crippen LogP contribution in [0.1, 0.15) is 20.3 Å². The van der Waals surface area contributed by atoms with Crippen LogP contribution >= 0.6 is 0 Å². The van der Waals surface area contributed by atoms with Crippen LogP contribution in [0.4, 0.5) is 0 Å². The molecule has 0 bridgehead atoms. The van der Waals surface area contributed by atoms with Gasteiger partial charge in [-0.3, -0.25) is 0 Å². The minimum absolute atomic E-state index is 0.410. The molecule has 118 valence electrons. The summed E-state index contributed by atoms with van der Waals surface area (Å²) in [5.41, 5.74) is 2.28. The van der Waals surface area contributed by atoms with Gasteiger partial charge < -0.3 is 14.5 Å². The predicted molar refractivity (Wildman–Crippen MR) is 91.4 cm³/mol. The number of rotatable bonds is 5. The Labute approximate surface area is 134 Å². The van der Waals surface area contributed by atoms with Crippen molar-refractivity contribution in [2.45, 2.75) is 20.3 Å². The lowest BCUT2D eigenvalue weighted by Gasteiger charge is -2.06. The first-order valence-corrected chi connectivity index (χ1v) is 7.70. The van der Waals surface area contributed by atoms with E-state index in [4.69, 9.17) is 9.47 Å². The Hall–Kier alpha value is -2.75. The fourth-order valence-electron chi connectivity index (χ4n) is 2.46.